The van der Waals surface area contributed by atoms with Gasteiger partial charge in [-0.25, -0.2) is 4.68 Å². The minimum atomic E-state index is -0.0507. The summed E-state index contributed by atoms with van der Waals surface area (Å²) < 4.78 is 13.2. The SMILES string of the molecule is CCN(CC)C(=O)c1cn(C2CCCN(Cc3ccc4c(c3)OCCO4)C2)nn1. The Hall–Kier alpha value is -2.61. The molecule has 4 rings (SSSR count). The van der Waals surface area contributed by atoms with Gasteiger partial charge in [0.05, 0.1) is 12.2 Å². The maximum Gasteiger partial charge on any atom is 0.276 e. The molecule has 0 N–H and O–H groups in total. The zero-order valence-corrected chi connectivity index (χ0v) is 17.2. The highest BCUT2D eigenvalue weighted by Crippen LogP contribution is 2.31. The van der Waals surface area contributed by atoms with Crippen LogP contribution in [0.25, 0.3) is 0 Å². The zero-order chi connectivity index (χ0) is 20.2. The van der Waals surface area contributed by atoms with Gasteiger partial charge in [0, 0.05) is 26.2 Å². The Labute approximate surface area is 171 Å². The molecule has 1 fully saturated rings. The van der Waals surface area contributed by atoms with Crippen molar-refractivity contribution in [3.05, 3.63) is 35.7 Å². The summed E-state index contributed by atoms with van der Waals surface area (Å²) in [4.78, 5) is 16.7. The van der Waals surface area contributed by atoms with Gasteiger partial charge in [-0.3, -0.25) is 9.69 Å². The third kappa shape index (κ3) is 4.37. The van der Waals surface area contributed by atoms with Crippen LogP contribution in [0.15, 0.2) is 24.4 Å². The van der Waals surface area contributed by atoms with E-state index in [1.807, 2.05) is 24.6 Å². The van der Waals surface area contributed by atoms with Crippen molar-refractivity contribution in [2.24, 2.45) is 0 Å². The molecule has 1 atom stereocenters. The predicted molar refractivity (Wildman–Crippen MR) is 108 cm³/mol. The summed E-state index contributed by atoms with van der Waals surface area (Å²) in [6.07, 6.45) is 3.94. The second-order valence-electron chi connectivity index (χ2n) is 7.57. The summed E-state index contributed by atoms with van der Waals surface area (Å²) in [6.45, 7) is 9.30. The number of piperidine rings is 1. The van der Waals surface area contributed by atoms with Gasteiger partial charge in [-0.1, -0.05) is 11.3 Å². The minimum absolute atomic E-state index is 0.0507. The molecule has 0 saturated carbocycles. The number of amides is 1. The van der Waals surface area contributed by atoms with E-state index >= 15 is 0 Å². The van der Waals surface area contributed by atoms with Crippen molar-refractivity contribution in [1.82, 2.24) is 24.8 Å². The smallest absolute Gasteiger partial charge is 0.276 e. The van der Waals surface area contributed by atoms with E-state index in [2.05, 4.69) is 27.3 Å². The molecule has 2 aromatic rings. The number of hydrogen-bond donors (Lipinski definition) is 0. The van der Waals surface area contributed by atoms with Gasteiger partial charge >= 0.3 is 0 Å². The lowest BCUT2D eigenvalue weighted by Crippen LogP contribution is -2.36. The molecule has 0 bridgehead atoms. The van der Waals surface area contributed by atoms with E-state index < -0.39 is 0 Å². The number of ether oxygens (including phenoxy) is 2. The summed E-state index contributed by atoms with van der Waals surface area (Å²) in [6, 6.07) is 6.40. The van der Waals surface area contributed by atoms with Crippen LogP contribution in [0.5, 0.6) is 11.5 Å². The molecule has 0 aliphatic carbocycles. The van der Waals surface area contributed by atoms with Crippen LogP contribution in [0.2, 0.25) is 0 Å². The first-order valence-electron chi connectivity index (χ1n) is 10.5. The molecule has 1 saturated heterocycles. The van der Waals surface area contributed by atoms with Crippen LogP contribution >= 0.6 is 0 Å². The molecule has 2 aliphatic rings. The van der Waals surface area contributed by atoms with E-state index in [4.69, 9.17) is 9.47 Å². The first-order chi connectivity index (χ1) is 14.2. The molecule has 1 aromatic heterocycles. The van der Waals surface area contributed by atoms with E-state index in [-0.39, 0.29) is 11.9 Å². The monoisotopic (exact) mass is 399 g/mol. The van der Waals surface area contributed by atoms with Crippen LogP contribution in [0.1, 0.15) is 48.8 Å². The number of aromatic nitrogens is 3. The van der Waals surface area contributed by atoms with E-state index in [9.17, 15) is 4.79 Å². The Kier molecular flexibility index (Phi) is 5.99. The van der Waals surface area contributed by atoms with Crippen LogP contribution in [-0.4, -0.2) is 70.1 Å². The third-order valence-corrected chi connectivity index (χ3v) is 5.65. The Balaban J connectivity index is 1.40. The number of rotatable bonds is 6. The molecule has 1 aromatic carbocycles. The molecule has 1 amide bonds. The van der Waals surface area contributed by atoms with Gasteiger partial charge in [-0.2, -0.15) is 0 Å². The lowest BCUT2D eigenvalue weighted by atomic mass is 10.0. The number of hydrogen-bond acceptors (Lipinski definition) is 6. The second-order valence-corrected chi connectivity index (χ2v) is 7.57. The third-order valence-electron chi connectivity index (χ3n) is 5.65. The summed E-state index contributed by atoms with van der Waals surface area (Å²) in [5.74, 6) is 1.60. The lowest BCUT2D eigenvalue weighted by molar-refractivity contribution is 0.0767. The highest BCUT2D eigenvalue weighted by molar-refractivity contribution is 5.91. The standard InChI is InChI=1S/C21H29N5O3/c1-3-25(4-2)21(27)18-15-26(23-22-18)17-6-5-9-24(14-17)13-16-7-8-19-20(12-16)29-11-10-28-19/h7-8,12,15,17H,3-6,9-11,13-14H2,1-2H3. The second kappa shape index (κ2) is 8.82. The van der Waals surface area contributed by atoms with E-state index in [0.29, 0.717) is 32.0 Å². The number of likely N-dealkylation sites (tertiary alicyclic amines) is 1. The van der Waals surface area contributed by atoms with Crippen molar-refractivity contribution >= 4 is 5.91 Å². The van der Waals surface area contributed by atoms with Crippen molar-refractivity contribution in [3.63, 3.8) is 0 Å². The maximum atomic E-state index is 12.5. The molecule has 0 spiro atoms. The Morgan fingerprint density at radius 3 is 2.79 bits per heavy atom. The van der Waals surface area contributed by atoms with Gasteiger partial charge in [0.15, 0.2) is 17.2 Å². The van der Waals surface area contributed by atoms with Crippen LogP contribution in [0.4, 0.5) is 0 Å². The molecule has 1 unspecified atom stereocenters. The van der Waals surface area contributed by atoms with Crippen molar-refractivity contribution < 1.29 is 14.3 Å². The molecule has 8 nitrogen and oxygen atoms in total. The molecule has 0 radical (unpaired) electrons. The van der Waals surface area contributed by atoms with Gasteiger partial charge in [0.25, 0.3) is 5.91 Å². The number of carbonyl (C=O) groups is 1. The van der Waals surface area contributed by atoms with E-state index in [1.54, 1.807) is 11.1 Å². The molecule has 2 aliphatic heterocycles. The Morgan fingerprint density at radius 2 is 2.00 bits per heavy atom. The Bertz CT molecular complexity index is 849. The van der Waals surface area contributed by atoms with Crippen LogP contribution in [0.3, 0.4) is 0 Å². The highest BCUT2D eigenvalue weighted by Gasteiger charge is 2.25. The average molecular weight is 399 g/mol. The molecule has 29 heavy (non-hydrogen) atoms. The van der Waals surface area contributed by atoms with Crippen LogP contribution < -0.4 is 9.47 Å². The number of fused-ring (bicyclic) bond motifs is 1. The predicted octanol–water partition coefficient (Wildman–Crippen LogP) is 2.37. The number of nitrogens with zero attached hydrogens (tertiary/aromatic N) is 5. The maximum absolute atomic E-state index is 12.5. The molecule has 8 heteroatoms. The minimum Gasteiger partial charge on any atom is -0.486 e. The fourth-order valence-electron chi connectivity index (χ4n) is 4.06. The van der Waals surface area contributed by atoms with Crippen molar-refractivity contribution in [1.29, 1.82) is 0 Å². The number of carbonyl (C=O) groups excluding carboxylic acids is 1. The summed E-state index contributed by atoms with van der Waals surface area (Å²) in [5, 5.41) is 8.41. The summed E-state index contributed by atoms with van der Waals surface area (Å²) in [5.41, 5.74) is 1.64. The Morgan fingerprint density at radius 1 is 1.21 bits per heavy atom. The summed E-state index contributed by atoms with van der Waals surface area (Å²) in [7, 11) is 0. The summed E-state index contributed by atoms with van der Waals surface area (Å²) >= 11 is 0. The van der Waals surface area contributed by atoms with Gasteiger partial charge in [-0.15, -0.1) is 5.10 Å². The fourth-order valence-corrected chi connectivity index (χ4v) is 4.06. The molecule has 156 valence electrons. The first-order valence-corrected chi connectivity index (χ1v) is 10.5. The molecule has 3 heterocycles. The van der Waals surface area contributed by atoms with Crippen LogP contribution in [0, 0.1) is 0 Å². The van der Waals surface area contributed by atoms with Crippen LogP contribution in [-0.2, 0) is 6.54 Å². The van der Waals surface area contributed by atoms with Gasteiger partial charge in [-0.05, 0) is 50.9 Å². The quantitative estimate of drug-likeness (QED) is 0.743. The largest absolute Gasteiger partial charge is 0.486 e. The normalized spacial score (nSPS) is 19.2. The highest BCUT2D eigenvalue weighted by atomic mass is 16.6. The first kappa shape index (κ1) is 19.7. The van der Waals surface area contributed by atoms with Crippen molar-refractivity contribution in [2.75, 3.05) is 39.4 Å². The van der Waals surface area contributed by atoms with E-state index in [1.165, 1.54) is 5.56 Å². The topological polar surface area (TPSA) is 72.7 Å². The van der Waals surface area contributed by atoms with Crippen molar-refractivity contribution in [2.45, 2.75) is 39.3 Å². The van der Waals surface area contributed by atoms with Gasteiger partial charge < -0.3 is 14.4 Å². The van der Waals surface area contributed by atoms with Crippen molar-refractivity contribution in [3.8, 4) is 11.5 Å². The zero-order valence-electron chi connectivity index (χ0n) is 17.2. The van der Waals surface area contributed by atoms with Gasteiger partial charge in [0.1, 0.15) is 13.2 Å². The lowest BCUT2D eigenvalue weighted by Gasteiger charge is -2.32. The average Bonchev–Trinajstić information content (AvgIpc) is 3.25. The van der Waals surface area contributed by atoms with E-state index in [0.717, 1.165) is 44.0 Å². The molecular weight excluding hydrogens is 370 g/mol. The fraction of sp³-hybridized carbons (Fsp3) is 0.571. The molecular formula is C21H29N5O3. The number of benzene rings is 1. The van der Waals surface area contributed by atoms with Gasteiger partial charge in [0.2, 0.25) is 0 Å².